The number of hydrogen-bond donors (Lipinski definition) is 2. The fourth-order valence-corrected chi connectivity index (χ4v) is 4.51. The summed E-state index contributed by atoms with van der Waals surface area (Å²) in [6.07, 6.45) is 2.65. The summed E-state index contributed by atoms with van der Waals surface area (Å²) in [5, 5.41) is 7.43. The molecule has 3 N–H and O–H groups in total. The molecule has 0 bridgehead atoms. The van der Waals surface area contributed by atoms with Gasteiger partial charge in [-0.25, -0.2) is 23.5 Å². The molecule has 16 heteroatoms. The molecule has 0 saturated carbocycles. The molecular formula is C18H24Cl2N8O4S2. The third-order valence-corrected chi connectivity index (χ3v) is 6.80. The maximum Gasteiger partial charge on any atom is 0.276 e. The second-order valence-electron chi connectivity index (χ2n) is 7.48. The van der Waals surface area contributed by atoms with Crippen molar-refractivity contribution in [3.8, 4) is 0 Å². The van der Waals surface area contributed by atoms with Crippen LogP contribution >= 0.6 is 36.3 Å². The highest BCUT2D eigenvalue weighted by Crippen LogP contribution is 2.18. The normalized spacial score (nSPS) is 14.9. The molecule has 186 valence electrons. The van der Waals surface area contributed by atoms with Crippen LogP contribution in [-0.2, 0) is 16.6 Å². The number of nitrogens with two attached hydrogens (primary N) is 1. The van der Waals surface area contributed by atoms with Gasteiger partial charge >= 0.3 is 0 Å². The first-order valence-corrected chi connectivity index (χ1v) is 12.1. The van der Waals surface area contributed by atoms with Crippen molar-refractivity contribution in [3.05, 3.63) is 40.7 Å². The molecule has 1 fully saturated rings. The van der Waals surface area contributed by atoms with Crippen LogP contribution in [0.25, 0.3) is 10.2 Å². The predicted molar refractivity (Wildman–Crippen MR) is 134 cm³/mol. The number of anilines is 1. The zero-order valence-corrected chi connectivity index (χ0v) is 21.3. The van der Waals surface area contributed by atoms with E-state index in [1.54, 1.807) is 0 Å². The Kier molecular flexibility index (Phi) is 9.47. The van der Waals surface area contributed by atoms with Crippen molar-refractivity contribution in [1.82, 2.24) is 28.7 Å². The third kappa shape index (κ3) is 6.27. The van der Waals surface area contributed by atoms with Crippen LogP contribution in [0.4, 0.5) is 5.69 Å². The quantitative estimate of drug-likeness (QED) is 0.438. The molecule has 1 amide bonds. The van der Waals surface area contributed by atoms with Gasteiger partial charge in [-0.2, -0.15) is 4.37 Å². The Bertz CT molecular complexity index is 1310. The Hall–Kier alpha value is -2.20. The number of rotatable bonds is 6. The Morgan fingerprint density at radius 2 is 1.85 bits per heavy atom. The van der Waals surface area contributed by atoms with E-state index in [9.17, 15) is 18.0 Å². The molecular weight excluding hydrogens is 527 g/mol. The van der Waals surface area contributed by atoms with Gasteiger partial charge in [0.1, 0.15) is 5.39 Å². The molecule has 1 aliphatic rings. The lowest BCUT2D eigenvalue weighted by atomic mass is 10.2. The minimum absolute atomic E-state index is 0. The van der Waals surface area contributed by atoms with Crippen molar-refractivity contribution in [2.75, 3.05) is 45.1 Å². The predicted octanol–water partition coefficient (Wildman–Crippen LogP) is 0.239. The fraction of sp³-hybridized carbons (Fsp3) is 0.389. The summed E-state index contributed by atoms with van der Waals surface area (Å²) in [6.45, 7) is 5.01. The molecule has 4 heterocycles. The van der Waals surface area contributed by atoms with Crippen LogP contribution < -0.4 is 16.0 Å². The van der Waals surface area contributed by atoms with E-state index in [0.717, 1.165) is 37.7 Å². The second kappa shape index (κ2) is 11.5. The van der Waals surface area contributed by atoms with Gasteiger partial charge in [-0.3, -0.25) is 19.1 Å². The van der Waals surface area contributed by atoms with Crippen LogP contribution in [0.1, 0.15) is 10.5 Å². The lowest BCUT2D eigenvalue weighted by Crippen LogP contribution is -2.45. The summed E-state index contributed by atoms with van der Waals surface area (Å²) in [5.41, 5.74) is -0.125. The smallest absolute Gasteiger partial charge is 0.276 e. The number of piperazine rings is 1. The van der Waals surface area contributed by atoms with Crippen molar-refractivity contribution < 1.29 is 13.2 Å². The van der Waals surface area contributed by atoms with Crippen LogP contribution in [0, 0.1) is 0 Å². The van der Waals surface area contributed by atoms with Gasteiger partial charge in [-0.15, -0.1) is 24.8 Å². The third-order valence-electron chi connectivity index (χ3n) is 5.22. The number of carbonyl (C=O) groups is 1. The molecule has 3 aromatic rings. The number of nitrogens with one attached hydrogen (secondary N) is 1. The standard InChI is InChI=1S/C18H22N8O4S2.2ClH/c1-24-4-6-25(7-5-24)8-9-26-11-21-17-14(18(26)28)15(23-31-17)16(27)22-12-2-3-13(20-10-12)32(19,29)30;;/h2-3,10-11H,4-9H2,1H3,(H,22,27)(H2,19,29,30);2*1H. The van der Waals surface area contributed by atoms with E-state index < -0.39 is 15.9 Å². The Balaban J connectivity index is 0.00000204. The lowest BCUT2D eigenvalue weighted by molar-refractivity contribution is 0.102. The Morgan fingerprint density at radius 1 is 1.15 bits per heavy atom. The zero-order chi connectivity index (χ0) is 22.9. The summed E-state index contributed by atoms with van der Waals surface area (Å²) in [5.74, 6) is -0.614. The molecule has 0 aromatic carbocycles. The Labute approximate surface area is 212 Å². The topological polar surface area (TPSA) is 156 Å². The largest absolute Gasteiger partial charge is 0.319 e. The van der Waals surface area contributed by atoms with E-state index in [1.807, 2.05) is 0 Å². The van der Waals surface area contributed by atoms with Gasteiger partial charge in [0, 0.05) is 39.3 Å². The van der Waals surface area contributed by atoms with Gasteiger partial charge in [0.05, 0.1) is 18.2 Å². The number of primary sulfonamides is 1. The SMILES string of the molecule is CN1CCN(CCn2cnc3snc(C(=O)Nc4ccc(S(N)(=O)=O)nc4)c3c2=O)CC1.Cl.Cl. The highest BCUT2D eigenvalue weighted by atomic mass is 35.5. The number of amides is 1. The monoisotopic (exact) mass is 550 g/mol. The second-order valence-corrected chi connectivity index (χ2v) is 9.74. The lowest BCUT2D eigenvalue weighted by Gasteiger charge is -2.32. The number of nitrogens with zero attached hydrogens (tertiary/aromatic N) is 6. The van der Waals surface area contributed by atoms with E-state index in [2.05, 4.69) is 36.5 Å². The van der Waals surface area contributed by atoms with Crippen molar-refractivity contribution in [2.24, 2.45) is 5.14 Å². The number of aromatic nitrogens is 4. The average Bonchev–Trinajstić information content (AvgIpc) is 3.19. The molecule has 0 spiro atoms. The number of fused-ring (bicyclic) bond motifs is 1. The zero-order valence-electron chi connectivity index (χ0n) is 18.1. The molecule has 34 heavy (non-hydrogen) atoms. The van der Waals surface area contributed by atoms with Crippen LogP contribution in [0.15, 0.2) is 34.5 Å². The van der Waals surface area contributed by atoms with Crippen LogP contribution in [0.5, 0.6) is 0 Å². The molecule has 1 aliphatic heterocycles. The van der Waals surface area contributed by atoms with Gasteiger partial charge < -0.3 is 10.2 Å². The van der Waals surface area contributed by atoms with Crippen molar-refractivity contribution in [2.45, 2.75) is 11.6 Å². The van der Waals surface area contributed by atoms with Crippen molar-refractivity contribution in [1.29, 1.82) is 0 Å². The maximum absolute atomic E-state index is 13.0. The first-order chi connectivity index (χ1) is 15.2. The van der Waals surface area contributed by atoms with Crippen LogP contribution in [0.2, 0.25) is 0 Å². The van der Waals surface area contributed by atoms with E-state index in [-0.39, 0.29) is 52.2 Å². The average molecular weight is 551 g/mol. The minimum atomic E-state index is -3.94. The van der Waals surface area contributed by atoms with Crippen molar-refractivity contribution >= 4 is 68.2 Å². The molecule has 0 unspecified atom stereocenters. The minimum Gasteiger partial charge on any atom is -0.319 e. The van der Waals surface area contributed by atoms with Gasteiger partial charge in [0.2, 0.25) is 0 Å². The summed E-state index contributed by atoms with van der Waals surface area (Å²) >= 11 is 0.965. The molecule has 1 saturated heterocycles. The van der Waals surface area contributed by atoms with Crippen molar-refractivity contribution in [3.63, 3.8) is 0 Å². The molecule has 0 aliphatic carbocycles. The van der Waals surface area contributed by atoms with E-state index in [4.69, 9.17) is 5.14 Å². The highest BCUT2D eigenvalue weighted by Gasteiger charge is 2.21. The number of hydrogen-bond acceptors (Lipinski definition) is 10. The molecule has 0 radical (unpaired) electrons. The number of pyridine rings is 1. The number of carbonyl (C=O) groups excluding carboxylic acids is 1. The van der Waals surface area contributed by atoms with E-state index in [1.165, 1.54) is 29.2 Å². The summed E-state index contributed by atoms with van der Waals surface area (Å²) < 4.78 is 28.2. The van der Waals surface area contributed by atoms with E-state index >= 15 is 0 Å². The van der Waals surface area contributed by atoms with Gasteiger partial charge in [-0.05, 0) is 30.7 Å². The molecule has 12 nitrogen and oxygen atoms in total. The van der Waals surface area contributed by atoms with Gasteiger partial charge in [-0.1, -0.05) is 0 Å². The van der Waals surface area contributed by atoms with E-state index in [0.29, 0.717) is 17.9 Å². The molecule has 3 aromatic heterocycles. The summed E-state index contributed by atoms with van der Waals surface area (Å²) in [6, 6.07) is 2.53. The maximum atomic E-state index is 13.0. The summed E-state index contributed by atoms with van der Waals surface area (Å²) in [4.78, 5) is 38.7. The number of sulfonamides is 1. The number of halogens is 2. The fourth-order valence-electron chi connectivity index (χ4n) is 3.33. The summed E-state index contributed by atoms with van der Waals surface area (Å²) in [7, 11) is -1.86. The first kappa shape index (κ1) is 28.0. The first-order valence-electron chi connectivity index (χ1n) is 9.78. The highest BCUT2D eigenvalue weighted by molar-refractivity contribution is 7.89. The Morgan fingerprint density at radius 3 is 2.47 bits per heavy atom. The number of likely N-dealkylation sites (N-methyl/N-ethyl adjacent to an activating group) is 1. The van der Waals surface area contributed by atoms with Crippen LogP contribution in [0.3, 0.4) is 0 Å². The molecule has 4 rings (SSSR count). The van der Waals surface area contributed by atoms with Gasteiger partial charge in [0.15, 0.2) is 15.6 Å². The van der Waals surface area contributed by atoms with Crippen LogP contribution in [-0.4, -0.2) is 82.8 Å². The van der Waals surface area contributed by atoms with Gasteiger partial charge in [0.25, 0.3) is 21.5 Å². The molecule has 0 atom stereocenters.